The molecule has 1 N–H and O–H groups in total. The molecule has 0 saturated heterocycles. The third-order valence-corrected chi connectivity index (χ3v) is 6.14. The molecule has 23 heavy (non-hydrogen) atoms. The predicted molar refractivity (Wildman–Crippen MR) is 99.6 cm³/mol. The van der Waals surface area contributed by atoms with E-state index >= 15 is 0 Å². The molecule has 122 valence electrons. The summed E-state index contributed by atoms with van der Waals surface area (Å²) in [6.45, 7) is 0. The van der Waals surface area contributed by atoms with Gasteiger partial charge in [0.1, 0.15) is 10.6 Å². The first-order valence-corrected chi connectivity index (χ1v) is 10.0. The van der Waals surface area contributed by atoms with Crippen molar-refractivity contribution in [1.29, 1.82) is 0 Å². The summed E-state index contributed by atoms with van der Waals surface area (Å²) in [5.41, 5.74) is 2.85. The van der Waals surface area contributed by atoms with Crippen LogP contribution in [0.1, 0.15) is 24.0 Å². The van der Waals surface area contributed by atoms with E-state index < -0.39 is 10.0 Å². The molecule has 0 aromatic heterocycles. The summed E-state index contributed by atoms with van der Waals surface area (Å²) < 4.78 is 34.5. The van der Waals surface area contributed by atoms with Crippen LogP contribution in [0.5, 0.6) is 5.75 Å². The van der Waals surface area contributed by atoms with Gasteiger partial charge in [-0.3, -0.25) is 4.72 Å². The Morgan fingerprint density at radius 3 is 2.26 bits per heavy atom. The topological polar surface area (TPSA) is 55.4 Å². The molecule has 3 rings (SSSR count). The fourth-order valence-corrected chi connectivity index (χ4v) is 4.46. The summed E-state index contributed by atoms with van der Waals surface area (Å²) >= 11 is 2.18. The lowest BCUT2D eigenvalue weighted by molar-refractivity contribution is 0.401. The summed E-state index contributed by atoms with van der Waals surface area (Å²) in [6.07, 6.45) is 4.15. The lowest BCUT2D eigenvalue weighted by Crippen LogP contribution is -2.16. The molecule has 4 nitrogen and oxygen atoms in total. The SMILES string of the molecule is COc1cc2c(cc1S(=O)(=O)Nc1ccc(I)cc1)CCCC2. The van der Waals surface area contributed by atoms with E-state index in [4.69, 9.17) is 4.74 Å². The number of rotatable bonds is 4. The molecule has 6 heteroatoms. The molecule has 0 radical (unpaired) electrons. The number of sulfonamides is 1. The minimum Gasteiger partial charge on any atom is -0.495 e. The highest BCUT2D eigenvalue weighted by Gasteiger charge is 2.23. The molecule has 0 heterocycles. The lowest BCUT2D eigenvalue weighted by Gasteiger charge is -2.19. The van der Waals surface area contributed by atoms with Crippen molar-refractivity contribution in [3.05, 3.63) is 51.1 Å². The average Bonchev–Trinajstić information content (AvgIpc) is 2.55. The first-order chi connectivity index (χ1) is 11.0. The minimum absolute atomic E-state index is 0.208. The van der Waals surface area contributed by atoms with Gasteiger partial charge in [0.05, 0.1) is 7.11 Å². The molecule has 0 saturated carbocycles. The van der Waals surface area contributed by atoms with E-state index in [1.165, 1.54) is 12.7 Å². The second-order valence-electron chi connectivity index (χ2n) is 5.59. The van der Waals surface area contributed by atoms with Gasteiger partial charge in [0.2, 0.25) is 0 Å². The summed E-state index contributed by atoms with van der Waals surface area (Å²) in [6, 6.07) is 10.9. The number of methoxy groups -OCH3 is 1. The molecular formula is C17H18INO3S. The van der Waals surface area contributed by atoms with Gasteiger partial charge in [-0.05, 0) is 95.8 Å². The molecule has 1 aliphatic rings. The average molecular weight is 443 g/mol. The Labute approximate surface area is 150 Å². The van der Waals surface area contributed by atoms with Crippen LogP contribution in [-0.2, 0) is 22.9 Å². The largest absolute Gasteiger partial charge is 0.495 e. The second kappa shape index (κ2) is 6.68. The summed E-state index contributed by atoms with van der Waals surface area (Å²) in [5, 5.41) is 0. The molecule has 0 fully saturated rings. The predicted octanol–water partition coefficient (Wildman–Crippen LogP) is 3.98. The van der Waals surface area contributed by atoms with Crippen molar-refractivity contribution in [1.82, 2.24) is 0 Å². The number of ether oxygens (including phenoxy) is 1. The maximum Gasteiger partial charge on any atom is 0.265 e. The number of nitrogens with one attached hydrogen (secondary N) is 1. The zero-order valence-electron chi connectivity index (χ0n) is 12.8. The summed E-state index contributed by atoms with van der Waals surface area (Å²) in [5.74, 6) is 0.406. The molecule has 2 aromatic carbocycles. The van der Waals surface area contributed by atoms with Crippen molar-refractivity contribution in [2.45, 2.75) is 30.6 Å². The normalized spacial score (nSPS) is 14.2. The molecule has 0 amide bonds. The standard InChI is InChI=1S/C17H18INO3S/c1-22-16-10-12-4-2-3-5-13(12)11-17(16)23(20,21)19-15-8-6-14(18)7-9-15/h6-11,19H,2-5H2,1H3. The molecule has 0 spiro atoms. The maximum absolute atomic E-state index is 12.8. The van der Waals surface area contributed by atoms with Gasteiger partial charge in [-0.2, -0.15) is 0 Å². The van der Waals surface area contributed by atoms with Crippen molar-refractivity contribution in [3.8, 4) is 5.75 Å². The highest BCUT2D eigenvalue weighted by atomic mass is 127. The number of fused-ring (bicyclic) bond motifs is 1. The van der Waals surface area contributed by atoms with Gasteiger partial charge in [-0.15, -0.1) is 0 Å². The number of aryl methyl sites for hydroxylation is 2. The van der Waals surface area contributed by atoms with Crippen molar-refractivity contribution < 1.29 is 13.2 Å². The Bertz CT molecular complexity index is 816. The molecule has 0 unspecified atom stereocenters. The quantitative estimate of drug-likeness (QED) is 0.728. The molecule has 1 aliphatic carbocycles. The molecule has 2 aromatic rings. The van der Waals surface area contributed by atoms with E-state index in [0.29, 0.717) is 11.4 Å². The van der Waals surface area contributed by atoms with Crippen LogP contribution < -0.4 is 9.46 Å². The first kappa shape index (κ1) is 16.6. The van der Waals surface area contributed by atoms with Crippen LogP contribution in [0.3, 0.4) is 0 Å². The first-order valence-electron chi connectivity index (χ1n) is 7.48. The molecule has 0 aliphatic heterocycles. The van der Waals surface area contributed by atoms with Crippen LogP contribution in [0.4, 0.5) is 5.69 Å². The van der Waals surface area contributed by atoms with E-state index in [1.54, 1.807) is 18.2 Å². The smallest absolute Gasteiger partial charge is 0.265 e. The molecular weight excluding hydrogens is 425 g/mol. The van der Waals surface area contributed by atoms with Crippen LogP contribution in [0.2, 0.25) is 0 Å². The Morgan fingerprint density at radius 1 is 1.04 bits per heavy atom. The van der Waals surface area contributed by atoms with E-state index in [1.807, 2.05) is 18.2 Å². The second-order valence-corrected chi connectivity index (χ2v) is 8.49. The summed E-state index contributed by atoms with van der Waals surface area (Å²) in [7, 11) is -2.17. The van der Waals surface area contributed by atoms with Gasteiger partial charge in [0.15, 0.2) is 0 Å². The number of hydrogen-bond acceptors (Lipinski definition) is 3. The van der Waals surface area contributed by atoms with Gasteiger partial charge in [-0.1, -0.05) is 0 Å². The number of benzene rings is 2. The van der Waals surface area contributed by atoms with Crippen LogP contribution in [0.25, 0.3) is 0 Å². The van der Waals surface area contributed by atoms with Crippen molar-refractivity contribution in [2.24, 2.45) is 0 Å². The monoisotopic (exact) mass is 443 g/mol. The van der Waals surface area contributed by atoms with Gasteiger partial charge >= 0.3 is 0 Å². The minimum atomic E-state index is -3.68. The van der Waals surface area contributed by atoms with Gasteiger partial charge in [0.25, 0.3) is 10.0 Å². The van der Waals surface area contributed by atoms with Crippen LogP contribution >= 0.6 is 22.6 Å². The zero-order valence-corrected chi connectivity index (χ0v) is 15.8. The zero-order chi connectivity index (χ0) is 16.4. The Hall–Kier alpha value is -1.28. The molecule has 0 bridgehead atoms. The fraction of sp³-hybridized carbons (Fsp3) is 0.294. The van der Waals surface area contributed by atoms with Crippen molar-refractivity contribution in [3.63, 3.8) is 0 Å². The van der Waals surface area contributed by atoms with E-state index in [2.05, 4.69) is 27.3 Å². The number of hydrogen-bond donors (Lipinski definition) is 1. The van der Waals surface area contributed by atoms with Gasteiger partial charge in [0, 0.05) is 9.26 Å². The van der Waals surface area contributed by atoms with Gasteiger partial charge < -0.3 is 4.74 Å². The van der Waals surface area contributed by atoms with Crippen molar-refractivity contribution in [2.75, 3.05) is 11.8 Å². The molecule has 0 atom stereocenters. The van der Waals surface area contributed by atoms with Crippen LogP contribution in [-0.4, -0.2) is 15.5 Å². The number of anilines is 1. The summed E-state index contributed by atoms with van der Waals surface area (Å²) in [4.78, 5) is 0.208. The van der Waals surface area contributed by atoms with E-state index in [9.17, 15) is 8.42 Å². The van der Waals surface area contributed by atoms with Crippen molar-refractivity contribution >= 4 is 38.3 Å². The fourth-order valence-electron chi connectivity index (χ4n) is 2.84. The van der Waals surface area contributed by atoms with Crippen LogP contribution in [0, 0.1) is 3.57 Å². The van der Waals surface area contributed by atoms with E-state index in [0.717, 1.165) is 34.8 Å². The third kappa shape index (κ3) is 3.63. The third-order valence-electron chi connectivity index (χ3n) is 4.01. The highest BCUT2D eigenvalue weighted by Crippen LogP contribution is 2.32. The van der Waals surface area contributed by atoms with Gasteiger partial charge in [-0.25, -0.2) is 8.42 Å². The lowest BCUT2D eigenvalue weighted by atomic mass is 9.92. The number of halogens is 1. The maximum atomic E-state index is 12.8. The Balaban J connectivity index is 1.99. The Morgan fingerprint density at radius 2 is 1.65 bits per heavy atom. The highest BCUT2D eigenvalue weighted by molar-refractivity contribution is 14.1. The van der Waals surface area contributed by atoms with Crippen LogP contribution in [0.15, 0.2) is 41.3 Å². The van der Waals surface area contributed by atoms with E-state index in [-0.39, 0.29) is 4.90 Å². The Kier molecular flexibility index (Phi) is 4.82.